The lowest BCUT2D eigenvalue weighted by molar-refractivity contribution is -0.134. The largest absolute Gasteiger partial charge is 0.402 e. The molecule has 1 aromatic rings. The Balaban J connectivity index is 3.32. The summed E-state index contributed by atoms with van der Waals surface area (Å²) in [5, 5.41) is 0. The van der Waals surface area contributed by atoms with Crippen molar-refractivity contribution in [3.05, 3.63) is 29.1 Å². The van der Waals surface area contributed by atoms with Crippen molar-refractivity contribution in [2.75, 3.05) is 13.6 Å². The third-order valence-corrected chi connectivity index (χ3v) is 4.84. The molecule has 0 saturated heterocycles. The molecule has 0 amide bonds. The van der Waals surface area contributed by atoms with Gasteiger partial charge in [0.05, 0.1) is 4.90 Å². The van der Waals surface area contributed by atoms with E-state index in [1.807, 2.05) is 0 Å². The fourth-order valence-electron chi connectivity index (χ4n) is 1.56. The lowest BCUT2D eigenvalue weighted by Crippen LogP contribution is -2.36. The van der Waals surface area contributed by atoms with E-state index in [-0.39, 0.29) is 21.3 Å². The summed E-state index contributed by atoms with van der Waals surface area (Å²) in [5.74, 6) is -0.981. The summed E-state index contributed by atoms with van der Waals surface area (Å²) in [6.07, 6.45) is -4.68. The molecule has 114 valence electrons. The van der Waals surface area contributed by atoms with Crippen molar-refractivity contribution in [1.29, 1.82) is 0 Å². The molecule has 0 radical (unpaired) electrons. The van der Waals surface area contributed by atoms with Crippen LogP contribution in [0.2, 0.25) is 0 Å². The summed E-state index contributed by atoms with van der Waals surface area (Å²) in [4.78, 5) is -0.514. The lowest BCUT2D eigenvalue weighted by Gasteiger charge is -2.20. The number of rotatable bonds is 4. The van der Waals surface area contributed by atoms with Crippen LogP contribution in [0.15, 0.2) is 17.0 Å². The van der Waals surface area contributed by atoms with Gasteiger partial charge in [-0.05, 0) is 24.6 Å². The topological polar surface area (TPSA) is 37.4 Å². The summed E-state index contributed by atoms with van der Waals surface area (Å²) < 4.78 is 74.7. The first kappa shape index (κ1) is 17.2. The maximum Gasteiger partial charge on any atom is 0.402 e. The van der Waals surface area contributed by atoms with Crippen LogP contribution in [-0.4, -0.2) is 32.5 Å². The van der Waals surface area contributed by atoms with Crippen LogP contribution in [0.1, 0.15) is 11.1 Å². The van der Waals surface area contributed by atoms with Crippen LogP contribution in [0, 0.1) is 12.7 Å². The van der Waals surface area contributed by atoms with Crippen molar-refractivity contribution in [1.82, 2.24) is 4.31 Å². The molecular formula is C11H12ClF4NO2S. The van der Waals surface area contributed by atoms with Gasteiger partial charge in [0.2, 0.25) is 10.0 Å². The Morgan fingerprint density at radius 3 is 2.30 bits per heavy atom. The smallest absolute Gasteiger partial charge is 0.207 e. The van der Waals surface area contributed by atoms with Crippen LogP contribution < -0.4 is 0 Å². The number of nitrogens with zero attached hydrogens (tertiary/aromatic N) is 1. The fraction of sp³-hybridized carbons (Fsp3) is 0.455. The van der Waals surface area contributed by atoms with Crippen molar-refractivity contribution in [3.8, 4) is 0 Å². The number of sulfonamides is 1. The molecule has 0 unspecified atom stereocenters. The molecule has 1 aromatic carbocycles. The number of alkyl halides is 4. The van der Waals surface area contributed by atoms with Gasteiger partial charge in [-0.1, -0.05) is 0 Å². The quantitative estimate of drug-likeness (QED) is 0.627. The fourth-order valence-corrected chi connectivity index (χ4v) is 3.15. The molecule has 0 fully saturated rings. The maximum atomic E-state index is 13.6. The number of halogens is 5. The van der Waals surface area contributed by atoms with Gasteiger partial charge in [-0.25, -0.2) is 12.8 Å². The zero-order valence-electron chi connectivity index (χ0n) is 10.6. The molecular weight excluding hydrogens is 322 g/mol. The summed E-state index contributed by atoms with van der Waals surface area (Å²) in [7, 11) is -3.66. The van der Waals surface area contributed by atoms with Crippen molar-refractivity contribution >= 4 is 21.6 Å². The van der Waals surface area contributed by atoms with Crippen molar-refractivity contribution in [3.63, 3.8) is 0 Å². The van der Waals surface area contributed by atoms with Crippen molar-refractivity contribution in [2.24, 2.45) is 0 Å². The van der Waals surface area contributed by atoms with Gasteiger partial charge in [0.25, 0.3) is 0 Å². The van der Waals surface area contributed by atoms with Crippen LogP contribution in [0.3, 0.4) is 0 Å². The Hall–Kier alpha value is -0.860. The lowest BCUT2D eigenvalue weighted by atomic mass is 10.1. The highest BCUT2D eigenvalue weighted by Gasteiger charge is 2.35. The average molecular weight is 334 g/mol. The highest BCUT2D eigenvalue weighted by Crippen LogP contribution is 2.26. The van der Waals surface area contributed by atoms with E-state index in [0.29, 0.717) is 0 Å². The maximum absolute atomic E-state index is 13.6. The zero-order valence-corrected chi connectivity index (χ0v) is 12.2. The second-order valence-electron chi connectivity index (χ2n) is 4.21. The van der Waals surface area contributed by atoms with E-state index in [2.05, 4.69) is 0 Å². The summed E-state index contributed by atoms with van der Waals surface area (Å²) in [6, 6.07) is 2.12. The molecule has 3 nitrogen and oxygen atoms in total. The van der Waals surface area contributed by atoms with Crippen molar-refractivity contribution in [2.45, 2.75) is 23.9 Å². The minimum atomic E-state index is -4.68. The van der Waals surface area contributed by atoms with Gasteiger partial charge in [-0.15, -0.1) is 11.6 Å². The summed E-state index contributed by atoms with van der Waals surface area (Å²) >= 11 is 5.50. The van der Waals surface area contributed by atoms with Crippen LogP contribution in [0.25, 0.3) is 0 Å². The molecule has 0 heterocycles. The van der Waals surface area contributed by atoms with Gasteiger partial charge in [-0.2, -0.15) is 17.5 Å². The highest BCUT2D eigenvalue weighted by molar-refractivity contribution is 7.89. The third kappa shape index (κ3) is 3.83. The average Bonchev–Trinajstić information content (AvgIpc) is 2.29. The van der Waals surface area contributed by atoms with E-state index in [1.165, 1.54) is 6.92 Å². The molecule has 0 aliphatic carbocycles. The first-order chi connectivity index (χ1) is 8.99. The Labute approximate surface area is 119 Å². The van der Waals surface area contributed by atoms with E-state index in [1.54, 1.807) is 0 Å². The van der Waals surface area contributed by atoms with Gasteiger partial charge in [-0.3, -0.25) is 0 Å². The van der Waals surface area contributed by atoms with E-state index in [0.717, 1.165) is 19.2 Å². The molecule has 0 aromatic heterocycles. The van der Waals surface area contributed by atoms with Gasteiger partial charge < -0.3 is 0 Å². The SMILES string of the molecule is Cc1c(F)cc(CCl)cc1S(=O)(=O)N(C)CC(F)(F)F. The molecule has 0 N–H and O–H groups in total. The molecule has 1 rings (SSSR count). The molecule has 0 bridgehead atoms. The highest BCUT2D eigenvalue weighted by atomic mass is 35.5. The third-order valence-electron chi connectivity index (χ3n) is 2.60. The van der Waals surface area contributed by atoms with Gasteiger partial charge in [0.1, 0.15) is 12.4 Å². The van der Waals surface area contributed by atoms with E-state index >= 15 is 0 Å². The zero-order chi connectivity index (χ0) is 15.7. The summed E-state index contributed by atoms with van der Waals surface area (Å²) in [6.45, 7) is -0.469. The van der Waals surface area contributed by atoms with E-state index < -0.39 is 33.5 Å². The molecule has 0 saturated carbocycles. The normalized spacial score (nSPS) is 13.0. The number of hydrogen-bond acceptors (Lipinski definition) is 2. The summed E-state index contributed by atoms with van der Waals surface area (Å²) in [5.41, 5.74) is -0.0679. The first-order valence-corrected chi connectivity index (χ1v) is 7.34. The van der Waals surface area contributed by atoms with E-state index in [4.69, 9.17) is 11.6 Å². The second kappa shape index (κ2) is 5.87. The number of benzene rings is 1. The Bertz CT molecular complexity index is 601. The predicted octanol–water partition coefficient (Wildman–Crippen LogP) is 3.06. The molecule has 0 aliphatic heterocycles. The van der Waals surface area contributed by atoms with Crippen LogP contribution >= 0.6 is 11.6 Å². The minimum absolute atomic E-state index is 0.132. The molecule has 0 atom stereocenters. The van der Waals surface area contributed by atoms with E-state index in [9.17, 15) is 26.0 Å². The Kier molecular flexibility index (Phi) is 5.04. The van der Waals surface area contributed by atoms with Crippen LogP contribution in [-0.2, 0) is 15.9 Å². The molecule has 0 aliphatic rings. The first-order valence-electron chi connectivity index (χ1n) is 5.37. The van der Waals surface area contributed by atoms with Crippen LogP contribution in [0.5, 0.6) is 0 Å². The number of hydrogen-bond donors (Lipinski definition) is 0. The predicted molar refractivity (Wildman–Crippen MR) is 66.6 cm³/mol. The minimum Gasteiger partial charge on any atom is -0.207 e. The van der Waals surface area contributed by atoms with Crippen molar-refractivity contribution < 1.29 is 26.0 Å². The monoisotopic (exact) mass is 333 g/mol. The Morgan fingerprint density at radius 2 is 1.85 bits per heavy atom. The molecule has 0 spiro atoms. The standard InChI is InChI=1S/C11H12ClF4NO2S/c1-7-9(13)3-8(5-12)4-10(7)20(18,19)17(2)6-11(14,15)16/h3-4H,5-6H2,1-2H3. The van der Waals surface area contributed by atoms with Crippen LogP contribution in [0.4, 0.5) is 17.6 Å². The Morgan fingerprint density at radius 1 is 1.30 bits per heavy atom. The second-order valence-corrected chi connectivity index (χ2v) is 6.49. The molecule has 9 heteroatoms. The molecule has 20 heavy (non-hydrogen) atoms. The van der Waals surface area contributed by atoms with Gasteiger partial charge >= 0.3 is 6.18 Å². The van der Waals surface area contributed by atoms with Gasteiger partial charge in [0, 0.05) is 18.5 Å². The van der Waals surface area contributed by atoms with Gasteiger partial charge in [0.15, 0.2) is 0 Å².